The van der Waals surface area contributed by atoms with Gasteiger partial charge in [0.1, 0.15) is 0 Å². The molecule has 0 radical (unpaired) electrons. The lowest BCUT2D eigenvalue weighted by atomic mass is 10.0. The van der Waals surface area contributed by atoms with Crippen molar-refractivity contribution >= 4 is 5.91 Å². The normalized spacial score (nSPS) is 32.7. The second-order valence-electron chi connectivity index (χ2n) is 4.92. The van der Waals surface area contributed by atoms with Crippen LogP contribution in [0.3, 0.4) is 0 Å². The van der Waals surface area contributed by atoms with E-state index in [2.05, 4.69) is 17.6 Å². The third kappa shape index (κ3) is 2.49. The third-order valence-electron chi connectivity index (χ3n) is 3.77. The highest BCUT2D eigenvalue weighted by Crippen LogP contribution is 2.47. The summed E-state index contributed by atoms with van der Waals surface area (Å²) in [5, 5.41) is 15.3. The average Bonchev–Trinajstić information content (AvgIpc) is 2.90. The number of nitrogens with one attached hydrogen (secondary N) is 2. The predicted molar refractivity (Wildman–Crippen MR) is 57.4 cm³/mol. The summed E-state index contributed by atoms with van der Waals surface area (Å²) >= 11 is 0. The van der Waals surface area contributed by atoms with Crippen molar-refractivity contribution in [3.05, 3.63) is 0 Å². The van der Waals surface area contributed by atoms with Gasteiger partial charge in [-0.25, -0.2) is 0 Å². The van der Waals surface area contributed by atoms with Crippen LogP contribution < -0.4 is 10.6 Å². The number of aliphatic hydroxyl groups excluding tert-OH is 1. The minimum absolute atomic E-state index is 0.0475. The van der Waals surface area contributed by atoms with E-state index in [0.29, 0.717) is 18.4 Å². The van der Waals surface area contributed by atoms with Crippen molar-refractivity contribution in [2.24, 2.45) is 5.41 Å². The lowest BCUT2D eigenvalue weighted by molar-refractivity contribution is -0.123. The first-order valence-corrected chi connectivity index (χ1v) is 5.84. The van der Waals surface area contributed by atoms with Gasteiger partial charge in [-0.05, 0) is 31.1 Å². The van der Waals surface area contributed by atoms with Gasteiger partial charge in [-0.15, -0.1) is 0 Å². The van der Waals surface area contributed by atoms with Crippen molar-refractivity contribution in [2.75, 3.05) is 13.1 Å². The van der Waals surface area contributed by atoms with Crippen LogP contribution in [0.15, 0.2) is 0 Å². The molecule has 1 amide bonds. The van der Waals surface area contributed by atoms with E-state index in [1.807, 2.05) is 0 Å². The lowest BCUT2D eigenvalue weighted by Crippen LogP contribution is -2.42. The number of hydrogen-bond acceptors (Lipinski definition) is 3. The summed E-state index contributed by atoms with van der Waals surface area (Å²) in [6.45, 7) is 3.52. The van der Waals surface area contributed by atoms with E-state index < -0.39 is 0 Å². The SMILES string of the molecule is CCC1(CNC(=O)C2CC(O)CN2)CC1. The molecule has 1 saturated carbocycles. The Kier molecular flexibility index (Phi) is 2.98. The number of rotatable bonds is 4. The smallest absolute Gasteiger partial charge is 0.237 e. The summed E-state index contributed by atoms with van der Waals surface area (Å²) in [5.41, 5.74) is 0.396. The summed E-state index contributed by atoms with van der Waals surface area (Å²) in [7, 11) is 0. The molecule has 4 nitrogen and oxygen atoms in total. The first kappa shape index (κ1) is 10.9. The molecular formula is C11H20N2O2. The van der Waals surface area contributed by atoms with E-state index in [1.165, 1.54) is 12.8 Å². The fraction of sp³-hybridized carbons (Fsp3) is 0.909. The molecule has 15 heavy (non-hydrogen) atoms. The minimum atomic E-state index is -0.359. The lowest BCUT2D eigenvalue weighted by Gasteiger charge is -2.16. The third-order valence-corrected chi connectivity index (χ3v) is 3.77. The topological polar surface area (TPSA) is 61.4 Å². The highest BCUT2D eigenvalue weighted by molar-refractivity contribution is 5.82. The molecule has 2 fully saturated rings. The molecule has 2 rings (SSSR count). The minimum Gasteiger partial charge on any atom is -0.392 e. The predicted octanol–water partition coefficient (Wildman–Crippen LogP) is 0.0156. The van der Waals surface area contributed by atoms with E-state index in [0.717, 1.165) is 13.0 Å². The number of carbonyl (C=O) groups is 1. The van der Waals surface area contributed by atoms with Crippen molar-refractivity contribution in [3.63, 3.8) is 0 Å². The maximum atomic E-state index is 11.7. The molecule has 86 valence electrons. The van der Waals surface area contributed by atoms with Crippen LogP contribution in [0.1, 0.15) is 32.6 Å². The fourth-order valence-corrected chi connectivity index (χ4v) is 2.15. The first-order chi connectivity index (χ1) is 7.15. The molecule has 0 spiro atoms. The van der Waals surface area contributed by atoms with Crippen LogP contribution in [0.5, 0.6) is 0 Å². The van der Waals surface area contributed by atoms with Crippen LogP contribution in [0.2, 0.25) is 0 Å². The number of aliphatic hydroxyl groups is 1. The van der Waals surface area contributed by atoms with Gasteiger partial charge in [0.15, 0.2) is 0 Å². The Labute approximate surface area is 90.4 Å². The Bertz CT molecular complexity index is 251. The summed E-state index contributed by atoms with van der Waals surface area (Å²) in [6, 6.07) is -0.187. The van der Waals surface area contributed by atoms with Gasteiger partial charge in [-0.1, -0.05) is 6.92 Å². The van der Waals surface area contributed by atoms with Crippen molar-refractivity contribution < 1.29 is 9.90 Å². The highest BCUT2D eigenvalue weighted by Gasteiger charge is 2.41. The fourth-order valence-electron chi connectivity index (χ4n) is 2.15. The van der Waals surface area contributed by atoms with Crippen molar-refractivity contribution in [1.82, 2.24) is 10.6 Å². The molecule has 2 aliphatic rings. The van der Waals surface area contributed by atoms with Gasteiger partial charge in [0.05, 0.1) is 12.1 Å². The van der Waals surface area contributed by atoms with E-state index >= 15 is 0 Å². The monoisotopic (exact) mass is 212 g/mol. The van der Waals surface area contributed by atoms with Crippen LogP contribution in [0, 0.1) is 5.41 Å². The van der Waals surface area contributed by atoms with Gasteiger partial charge in [0, 0.05) is 13.1 Å². The molecule has 2 atom stereocenters. The van der Waals surface area contributed by atoms with E-state index in [-0.39, 0.29) is 18.1 Å². The van der Waals surface area contributed by atoms with Crippen LogP contribution in [-0.2, 0) is 4.79 Å². The average molecular weight is 212 g/mol. The summed E-state index contributed by atoms with van der Waals surface area (Å²) in [4.78, 5) is 11.7. The Hall–Kier alpha value is -0.610. The first-order valence-electron chi connectivity index (χ1n) is 5.84. The maximum absolute atomic E-state index is 11.7. The standard InChI is InChI=1S/C11H20N2O2/c1-2-11(3-4-11)7-13-10(15)9-5-8(14)6-12-9/h8-9,12,14H,2-7H2,1H3,(H,13,15). The second-order valence-corrected chi connectivity index (χ2v) is 4.92. The maximum Gasteiger partial charge on any atom is 0.237 e. The zero-order chi connectivity index (χ0) is 10.9. The molecule has 2 unspecified atom stereocenters. The quantitative estimate of drug-likeness (QED) is 0.615. The molecule has 1 heterocycles. The van der Waals surface area contributed by atoms with Gasteiger partial charge in [0.25, 0.3) is 0 Å². The number of amides is 1. The number of hydrogen-bond donors (Lipinski definition) is 3. The molecule has 0 bridgehead atoms. The van der Waals surface area contributed by atoms with Gasteiger partial charge in [-0.3, -0.25) is 4.79 Å². The Morgan fingerprint density at radius 1 is 1.60 bits per heavy atom. The van der Waals surface area contributed by atoms with E-state index in [9.17, 15) is 9.90 Å². The largest absolute Gasteiger partial charge is 0.392 e. The second kappa shape index (κ2) is 4.10. The van der Waals surface area contributed by atoms with E-state index in [1.54, 1.807) is 0 Å². The van der Waals surface area contributed by atoms with Crippen molar-refractivity contribution in [1.29, 1.82) is 0 Å². The van der Waals surface area contributed by atoms with Crippen LogP contribution in [0.4, 0.5) is 0 Å². The van der Waals surface area contributed by atoms with Gasteiger partial charge >= 0.3 is 0 Å². The molecule has 3 N–H and O–H groups in total. The highest BCUT2D eigenvalue weighted by atomic mass is 16.3. The molecule has 1 saturated heterocycles. The molecule has 4 heteroatoms. The number of carbonyl (C=O) groups excluding carboxylic acids is 1. The van der Waals surface area contributed by atoms with Crippen molar-refractivity contribution in [3.8, 4) is 0 Å². The van der Waals surface area contributed by atoms with Gasteiger partial charge < -0.3 is 15.7 Å². The molecule has 0 aromatic heterocycles. The number of β-amino-alcohol motifs (C(OH)–C–C–N with tert-alkyl or cyclic N) is 1. The Morgan fingerprint density at radius 2 is 2.33 bits per heavy atom. The Balaban J connectivity index is 1.73. The Morgan fingerprint density at radius 3 is 2.80 bits per heavy atom. The van der Waals surface area contributed by atoms with Gasteiger partial charge in [-0.2, -0.15) is 0 Å². The van der Waals surface area contributed by atoms with Gasteiger partial charge in [0.2, 0.25) is 5.91 Å². The summed E-state index contributed by atoms with van der Waals surface area (Å²) in [6.07, 6.45) is 3.82. The molecule has 1 aliphatic carbocycles. The molecular weight excluding hydrogens is 192 g/mol. The zero-order valence-electron chi connectivity index (χ0n) is 9.25. The zero-order valence-corrected chi connectivity index (χ0v) is 9.25. The van der Waals surface area contributed by atoms with Crippen LogP contribution >= 0.6 is 0 Å². The van der Waals surface area contributed by atoms with Crippen LogP contribution in [0.25, 0.3) is 0 Å². The summed E-state index contributed by atoms with van der Waals surface area (Å²) < 4.78 is 0. The molecule has 0 aromatic rings. The summed E-state index contributed by atoms with van der Waals surface area (Å²) in [5.74, 6) is 0.0475. The molecule has 0 aromatic carbocycles. The van der Waals surface area contributed by atoms with Crippen LogP contribution in [-0.4, -0.2) is 36.2 Å². The van der Waals surface area contributed by atoms with Crippen molar-refractivity contribution in [2.45, 2.75) is 44.8 Å². The molecule has 1 aliphatic heterocycles. The van der Waals surface area contributed by atoms with E-state index in [4.69, 9.17) is 0 Å².